The molecule has 0 aliphatic heterocycles. The molecule has 2 aliphatic carbocycles. The number of amides is 1. The zero-order valence-corrected chi connectivity index (χ0v) is 11.2. The molecule has 1 heterocycles. The number of hydrogen-bond donors (Lipinski definition) is 2. The normalized spacial score (nSPS) is 34.6. The van der Waals surface area contributed by atoms with Crippen LogP contribution in [0.25, 0.3) is 0 Å². The Balaban J connectivity index is 1.64. The quantitative estimate of drug-likeness (QED) is 0.860. The molecule has 2 saturated carbocycles. The van der Waals surface area contributed by atoms with Crippen LogP contribution < -0.4 is 11.1 Å². The minimum atomic E-state index is 0.0176. The highest BCUT2D eigenvalue weighted by Crippen LogP contribution is 2.31. The van der Waals surface area contributed by atoms with Crippen LogP contribution >= 0.6 is 0 Å². The average molecular weight is 262 g/mol. The van der Waals surface area contributed by atoms with Gasteiger partial charge in [0.1, 0.15) is 0 Å². The van der Waals surface area contributed by atoms with E-state index >= 15 is 0 Å². The fourth-order valence-electron chi connectivity index (χ4n) is 3.54. The predicted molar refractivity (Wildman–Crippen MR) is 72.4 cm³/mol. The first kappa shape index (κ1) is 12.7. The van der Waals surface area contributed by atoms with Crippen LogP contribution in [-0.4, -0.2) is 27.5 Å². The maximum Gasteiger partial charge on any atom is 0.224 e. The van der Waals surface area contributed by atoms with Crippen molar-refractivity contribution >= 4 is 5.91 Å². The SMILES string of the molecule is NC1CCCC1C(=O)NC1CCCC1n1ccnc1. The summed E-state index contributed by atoms with van der Waals surface area (Å²) >= 11 is 0. The Bertz CT molecular complexity index is 431. The highest BCUT2D eigenvalue weighted by Gasteiger charge is 2.35. The van der Waals surface area contributed by atoms with Gasteiger partial charge >= 0.3 is 0 Å². The number of aromatic nitrogens is 2. The van der Waals surface area contributed by atoms with Crippen molar-refractivity contribution in [1.29, 1.82) is 0 Å². The molecular formula is C14H22N4O. The van der Waals surface area contributed by atoms with Gasteiger partial charge in [0.15, 0.2) is 0 Å². The Morgan fingerprint density at radius 2 is 2.11 bits per heavy atom. The molecule has 0 radical (unpaired) electrons. The zero-order chi connectivity index (χ0) is 13.2. The number of hydrogen-bond acceptors (Lipinski definition) is 3. The summed E-state index contributed by atoms with van der Waals surface area (Å²) in [7, 11) is 0. The van der Waals surface area contributed by atoms with E-state index in [1.54, 1.807) is 6.20 Å². The lowest BCUT2D eigenvalue weighted by molar-refractivity contribution is -0.126. The molecule has 1 aromatic rings. The Morgan fingerprint density at radius 1 is 1.26 bits per heavy atom. The molecule has 0 aromatic carbocycles. The molecule has 5 nitrogen and oxygen atoms in total. The van der Waals surface area contributed by atoms with E-state index < -0.39 is 0 Å². The van der Waals surface area contributed by atoms with E-state index in [0.29, 0.717) is 6.04 Å². The molecular weight excluding hydrogens is 240 g/mol. The second-order valence-electron chi connectivity index (χ2n) is 5.82. The van der Waals surface area contributed by atoms with Crippen molar-refractivity contribution in [3.8, 4) is 0 Å². The number of nitrogens with one attached hydrogen (secondary N) is 1. The van der Waals surface area contributed by atoms with Crippen LogP contribution in [0.1, 0.15) is 44.6 Å². The lowest BCUT2D eigenvalue weighted by Crippen LogP contribution is -2.44. The molecule has 2 fully saturated rings. The smallest absolute Gasteiger partial charge is 0.224 e. The average Bonchev–Trinajstić information content (AvgIpc) is 3.07. The third-order valence-corrected chi connectivity index (χ3v) is 4.62. The maximum absolute atomic E-state index is 12.3. The van der Waals surface area contributed by atoms with Crippen LogP contribution in [0.15, 0.2) is 18.7 Å². The molecule has 5 heteroatoms. The standard InChI is InChI=1S/C14H22N4O/c15-11-4-1-3-10(11)14(19)17-12-5-2-6-13(12)18-8-7-16-9-18/h7-13H,1-6,15H2,(H,17,19). The number of nitrogens with zero attached hydrogens (tertiary/aromatic N) is 2. The molecule has 4 atom stereocenters. The Morgan fingerprint density at radius 3 is 2.79 bits per heavy atom. The first-order valence-corrected chi connectivity index (χ1v) is 7.29. The molecule has 104 valence electrons. The summed E-state index contributed by atoms with van der Waals surface area (Å²) in [6.45, 7) is 0. The monoisotopic (exact) mass is 262 g/mol. The number of carbonyl (C=O) groups excluding carboxylic acids is 1. The Labute approximate surface area is 113 Å². The van der Waals surface area contributed by atoms with E-state index in [1.165, 1.54) is 0 Å². The van der Waals surface area contributed by atoms with Crippen molar-refractivity contribution in [2.45, 2.75) is 56.7 Å². The summed E-state index contributed by atoms with van der Waals surface area (Å²) in [5.41, 5.74) is 6.01. The van der Waals surface area contributed by atoms with E-state index in [4.69, 9.17) is 5.73 Å². The van der Waals surface area contributed by atoms with Crippen LogP contribution in [0.5, 0.6) is 0 Å². The second-order valence-corrected chi connectivity index (χ2v) is 5.82. The molecule has 0 bridgehead atoms. The van der Waals surface area contributed by atoms with Crippen molar-refractivity contribution in [2.24, 2.45) is 11.7 Å². The fraction of sp³-hybridized carbons (Fsp3) is 0.714. The van der Waals surface area contributed by atoms with Gasteiger partial charge in [-0.15, -0.1) is 0 Å². The summed E-state index contributed by atoms with van der Waals surface area (Å²) in [6.07, 6.45) is 11.9. The molecule has 3 N–H and O–H groups in total. The predicted octanol–water partition coefficient (Wildman–Crippen LogP) is 1.22. The van der Waals surface area contributed by atoms with Gasteiger partial charge in [0.25, 0.3) is 0 Å². The van der Waals surface area contributed by atoms with Gasteiger partial charge in [-0.05, 0) is 32.1 Å². The molecule has 2 aliphatic rings. The van der Waals surface area contributed by atoms with Crippen LogP contribution in [0.3, 0.4) is 0 Å². The van der Waals surface area contributed by atoms with E-state index in [1.807, 2.05) is 12.5 Å². The first-order chi connectivity index (χ1) is 9.25. The largest absolute Gasteiger partial charge is 0.351 e. The summed E-state index contributed by atoms with van der Waals surface area (Å²) in [5, 5.41) is 3.22. The minimum Gasteiger partial charge on any atom is -0.351 e. The van der Waals surface area contributed by atoms with E-state index in [-0.39, 0.29) is 23.9 Å². The van der Waals surface area contributed by atoms with Gasteiger partial charge in [0.05, 0.1) is 18.3 Å². The van der Waals surface area contributed by atoms with Gasteiger partial charge in [-0.2, -0.15) is 0 Å². The van der Waals surface area contributed by atoms with Gasteiger partial charge in [-0.1, -0.05) is 6.42 Å². The molecule has 19 heavy (non-hydrogen) atoms. The maximum atomic E-state index is 12.3. The number of carbonyl (C=O) groups is 1. The molecule has 0 saturated heterocycles. The van der Waals surface area contributed by atoms with Crippen LogP contribution in [0, 0.1) is 5.92 Å². The molecule has 0 spiro atoms. The number of imidazole rings is 1. The van der Waals surface area contributed by atoms with E-state index in [0.717, 1.165) is 38.5 Å². The van der Waals surface area contributed by atoms with Crippen LogP contribution in [0.4, 0.5) is 0 Å². The highest BCUT2D eigenvalue weighted by atomic mass is 16.2. The summed E-state index contributed by atoms with van der Waals surface area (Å²) in [5.74, 6) is 0.172. The molecule has 1 aromatic heterocycles. The molecule has 4 unspecified atom stereocenters. The topological polar surface area (TPSA) is 72.9 Å². The third-order valence-electron chi connectivity index (χ3n) is 4.62. The number of rotatable bonds is 3. The van der Waals surface area contributed by atoms with Crippen molar-refractivity contribution in [1.82, 2.24) is 14.9 Å². The van der Waals surface area contributed by atoms with Gasteiger partial charge in [0.2, 0.25) is 5.91 Å². The Hall–Kier alpha value is -1.36. The van der Waals surface area contributed by atoms with Crippen molar-refractivity contribution in [3.05, 3.63) is 18.7 Å². The van der Waals surface area contributed by atoms with Gasteiger partial charge in [-0.3, -0.25) is 4.79 Å². The first-order valence-electron chi connectivity index (χ1n) is 7.29. The fourth-order valence-corrected chi connectivity index (χ4v) is 3.54. The lowest BCUT2D eigenvalue weighted by Gasteiger charge is -2.24. The lowest BCUT2D eigenvalue weighted by atomic mass is 10.0. The van der Waals surface area contributed by atoms with Gasteiger partial charge in [0, 0.05) is 24.5 Å². The molecule has 3 rings (SSSR count). The zero-order valence-electron chi connectivity index (χ0n) is 11.2. The van der Waals surface area contributed by atoms with Gasteiger partial charge < -0.3 is 15.6 Å². The summed E-state index contributed by atoms with van der Waals surface area (Å²) in [4.78, 5) is 16.4. The highest BCUT2D eigenvalue weighted by molar-refractivity contribution is 5.80. The summed E-state index contributed by atoms with van der Waals surface area (Å²) < 4.78 is 2.12. The van der Waals surface area contributed by atoms with Crippen molar-refractivity contribution < 1.29 is 4.79 Å². The van der Waals surface area contributed by atoms with Crippen molar-refractivity contribution in [3.63, 3.8) is 0 Å². The number of nitrogens with two attached hydrogens (primary N) is 1. The molecule has 1 amide bonds. The van der Waals surface area contributed by atoms with Crippen molar-refractivity contribution in [2.75, 3.05) is 0 Å². The Kier molecular flexibility index (Phi) is 3.55. The van der Waals surface area contributed by atoms with E-state index in [2.05, 4.69) is 14.9 Å². The minimum absolute atomic E-state index is 0.0176. The van der Waals surface area contributed by atoms with Crippen LogP contribution in [-0.2, 0) is 4.79 Å². The van der Waals surface area contributed by atoms with E-state index in [9.17, 15) is 4.79 Å². The van der Waals surface area contributed by atoms with Crippen LogP contribution in [0.2, 0.25) is 0 Å². The second kappa shape index (κ2) is 5.33. The summed E-state index contributed by atoms with van der Waals surface area (Å²) in [6, 6.07) is 0.631. The third kappa shape index (κ3) is 2.52. The van der Waals surface area contributed by atoms with Gasteiger partial charge in [-0.25, -0.2) is 4.98 Å².